The molecule has 0 radical (unpaired) electrons. The van der Waals surface area contributed by atoms with Gasteiger partial charge in [0.15, 0.2) is 5.96 Å². The van der Waals surface area contributed by atoms with Crippen LogP contribution in [0.3, 0.4) is 0 Å². The van der Waals surface area contributed by atoms with Gasteiger partial charge in [-0.05, 0) is 44.4 Å². The summed E-state index contributed by atoms with van der Waals surface area (Å²) >= 11 is 0. The molecule has 29 heavy (non-hydrogen) atoms. The Labute approximate surface area is 192 Å². The summed E-state index contributed by atoms with van der Waals surface area (Å²) in [6.45, 7) is 10.2. The van der Waals surface area contributed by atoms with Gasteiger partial charge in [0.2, 0.25) is 0 Å². The number of aliphatic hydroxyl groups is 1. The molecule has 0 aromatic heterocycles. The third kappa shape index (κ3) is 9.14. The van der Waals surface area contributed by atoms with Crippen LogP contribution in [-0.4, -0.2) is 30.3 Å². The molecule has 2 aromatic carbocycles. The van der Waals surface area contributed by atoms with Crippen molar-refractivity contribution in [1.29, 1.82) is 0 Å². The summed E-state index contributed by atoms with van der Waals surface area (Å²) in [5.41, 5.74) is 2.16. The van der Waals surface area contributed by atoms with Crippen LogP contribution in [0.25, 0.3) is 0 Å². The summed E-state index contributed by atoms with van der Waals surface area (Å²) in [4.78, 5) is 4.66. The first-order valence-electron chi connectivity index (χ1n) is 9.90. The fraction of sp³-hybridized carbons (Fsp3) is 0.435. The van der Waals surface area contributed by atoms with E-state index in [-0.39, 0.29) is 30.1 Å². The zero-order valence-electron chi connectivity index (χ0n) is 17.8. The van der Waals surface area contributed by atoms with E-state index in [0.717, 1.165) is 23.2 Å². The topological polar surface area (TPSA) is 65.9 Å². The molecule has 0 saturated carbocycles. The van der Waals surface area contributed by atoms with Gasteiger partial charge in [-0.25, -0.2) is 4.99 Å². The van der Waals surface area contributed by atoms with Crippen LogP contribution >= 0.6 is 24.0 Å². The summed E-state index contributed by atoms with van der Waals surface area (Å²) in [7, 11) is 0. The Bertz CT molecular complexity index is 749. The highest BCUT2D eigenvalue weighted by Gasteiger charge is 2.22. The molecule has 0 spiro atoms. The maximum atomic E-state index is 10.8. The maximum Gasteiger partial charge on any atom is 0.191 e. The van der Waals surface area contributed by atoms with E-state index in [0.29, 0.717) is 25.7 Å². The SMILES string of the molecule is CCNC(=NCc1cccc(COC(C)C)c1)NCC(C)(O)c1ccccc1.I. The number of ether oxygens (including phenoxy) is 1. The molecule has 3 N–H and O–H groups in total. The smallest absolute Gasteiger partial charge is 0.191 e. The van der Waals surface area contributed by atoms with Crippen LogP contribution in [0, 0.1) is 0 Å². The first-order chi connectivity index (χ1) is 13.4. The number of rotatable bonds is 9. The number of nitrogens with one attached hydrogen (secondary N) is 2. The van der Waals surface area contributed by atoms with Crippen molar-refractivity contribution in [2.45, 2.75) is 52.6 Å². The van der Waals surface area contributed by atoms with Crippen molar-refractivity contribution >= 4 is 29.9 Å². The van der Waals surface area contributed by atoms with Gasteiger partial charge in [0.25, 0.3) is 0 Å². The van der Waals surface area contributed by atoms with E-state index < -0.39 is 5.60 Å². The van der Waals surface area contributed by atoms with Crippen LogP contribution in [0.2, 0.25) is 0 Å². The second kappa shape index (κ2) is 12.8. The lowest BCUT2D eigenvalue weighted by Crippen LogP contribution is -2.44. The Morgan fingerprint density at radius 1 is 1.07 bits per heavy atom. The first-order valence-corrected chi connectivity index (χ1v) is 9.90. The molecule has 0 bridgehead atoms. The average molecular weight is 511 g/mol. The van der Waals surface area contributed by atoms with Gasteiger partial charge in [0.05, 0.1) is 25.8 Å². The van der Waals surface area contributed by atoms with Gasteiger partial charge in [-0.15, -0.1) is 24.0 Å². The predicted molar refractivity (Wildman–Crippen MR) is 131 cm³/mol. The number of halogens is 1. The van der Waals surface area contributed by atoms with Gasteiger partial charge in [-0.1, -0.05) is 54.6 Å². The molecule has 0 heterocycles. The van der Waals surface area contributed by atoms with Crippen LogP contribution in [0.15, 0.2) is 59.6 Å². The summed E-state index contributed by atoms with van der Waals surface area (Å²) < 4.78 is 5.68. The van der Waals surface area contributed by atoms with E-state index in [2.05, 4.69) is 33.8 Å². The van der Waals surface area contributed by atoms with E-state index in [9.17, 15) is 5.11 Å². The molecule has 6 heteroatoms. The molecule has 160 valence electrons. The summed E-state index contributed by atoms with van der Waals surface area (Å²) in [5, 5.41) is 17.3. The number of hydrogen-bond donors (Lipinski definition) is 3. The Balaban J connectivity index is 0.00000420. The zero-order valence-corrected chi connectivity index (χ0v) is 20.1. The number of aliphatic imine (C=N–C) groups is 1. The van der Waals surface area contributed by atoms with Crippen LogP contribution in [0.1, 0.15) is 44.4 Å². The van der Waals surface area contributed by atoms with E-state index in [4.69, 9.17) is 4.74 Å². The predicted octanol–water partition coefficient (Wildman–Crippen LogP) is 4.19. The second-order valence-corrected chi connectivity index (χ2v) is 7.37. The fourth-order valence-electron chi connectivity index (χ4n) is 2.75. The Kier molecular flexibility index (Phi) is 11.2. The zero-order chi connectivity index (χ0) is 20.4. The highest BCUT2D eigenvalue weighted by Crippen LogP contribution is 2.18. The number of nitrogens with zero attached hydrogens (tertiary/aromatic N) is 1. The quantitative estimate of drug-likeness (QED) is 0.269. The molecule has 2 aromatic rings. The van der Waals surface area contributed by atoms with Crippen molar-refractivity contribution in [3.8, 4) is 0 Å². The standard InChI is InChI=1S/C23H33N3O2.HI/c1-5-24-22(26-17-23(4,27)21-12-7-6-8-13-21)25-15-19-10-9-11-20(14-19)16-28-18(2)3;/h6-14,18,27H,5,15-17H2,1-4H3,(H2,24,25,26);1H. The van der Waals surface area contributed by atoms with Crippen LogP contribution < -0.4 is 10.6 Å². The van der Waals surface area contributed by atoms with Gasteiger partial charge >= 0.3 is 0 Å². The summed E-state index contributed by atoms with van der Waals surface area (Å²) in [6.07, 6.45) is 0.212. The normalized spacial score (nSPS) is 13.5. The van der Waals surface area contributed by atoms with E-state index in [1.807, 2.05) is 57.2 Å². The minimum atomic E-state index is -0.981. The Hall–Kier alpha value is -1.64. The fourth-order valence-corrected chi connectivity index (χ4v) is 2.75. The van der Waals surface area contributed by atoms with Gasteiger partial charge in [-0.3, -0.25) is 0 Å². The van der Waals surface area contributed by atoms with Crippen molar-refractivity contribution in [3.63, 3.8) is 0 Å². The number of benzene rings is 2. The Morgan fingerprint density at radius 3 is 2.41 bits per heavy atom. The van der Waals surface area contributed by atoms with Gasteiger partial charge in [0.1, 0.15) is 5.60 Å². The highest BCUT2D eigenvalue weighted by molar-refractivity contribution is 14.0. The van der Waals surface area contributed by atoms with Crippen molar-refractivity contribution in [2.24, 2.45) is 4.99 Å². The molecule has 5 nitrogen and oxygen atoms in total. The van der Waals surface area contributed by atoms with Crippen molar-refractivity contribution in [3.05, 3.63) is 71.3 Å². The Morgan fingerprint density at radius 2 is 1.76 bits per heavy atom. The minimum absolute atomic E-state index is 0. The molecular formula is C23H34IN3O2. The second-order valence-electron chi connectivity index (χ2n) is 7.37. The minimum Gasteiger partial charge on any atom is -0.384 e. The molecule has 0 amide bonds. The highest BCUT2D eigenvalue weighted by atomic mass is 127. The van der Waals surface area contributed by atoms with E-state index >= 15 is 0 Å². The van der Waals surface area contributed by atoms with Gasteiger partial charge in [0, 0.05) is 6.54 Å². The lowest BCUT2D eigenvalue weighted by atomic mass is 9.96. The molecular weight excluding hydrogens is 477 g/mol. The molecule has 1 unspecified atom stereocenters. The van der Waals surface area contributed by atoms with E-state index in [1.54, 1.807) is 6.92 Å². The molecule has 2 rings (SSSR count). The lowest BCUT2D eigenvalue weighted by Gasteiger charge is -2.25. The van der Waals surface area contributed by atoms with Gasteiger partial charge < -0.3 is 20.5 Å². The molecule has 0 aliphatic carbocycles. The molecule has 0 saturated heterocycles. The van der Waals surface area contributed by atoms with Crippen LogP contribution in [0.4, 0.5) is 0 Å². The number of hydrogen-bond acceptors (Lipinski definition) is 3. The maximum absolute atomic E-state index is 10.8. The average Bonchev–Trinajstić information content (AvgIpc) is 2.69. The van der Waals surface area contributed by atoms with Crippen LogP contribution in [-0.2, 0) is 23.5 Å². The third-order valence-electron chi connectivity index (χ3n) is 4.33. The summed E-state index contributed by atoms with van der Waals surface area (Å²) in [5.74, 6) is 0.683. The monoisotopic (exact) mass is 511 g/mol. The molecule has 0 aliphatic rings. The first kappa shape index (κ1) is 25.4. The molecule has 0 aliphatic heterocycles. The lowest BCUT2D eigenvalue weighted by molar-refractivity contribution is 0.0617. The molecule has 0 fully saturated rings. The third-order valence-corrected chi connectivity index (χ3v) is 4.33. The molecule has 1 atom stereocenters. The van der Waals surface area contributed by atoms with Crippen LogP contribution in [0.5, 0.6) is 0 Å². The van der Waals surface area contributed by atoms with E-state index in [1.165, 1.54) is 0 Å². The largest absolute Gasteiger partial charge is 0.384 e. The van der Waals surface area contributed by atoms with Crippen molar-refractivity contribution in [1.82, 2.24) is 10.6 Å². The van der Waals surface area contributed by atoms with Crippen molar-refractivity contribution in [2.75, 3.05) is 13.1 Å². The van der Waals surface area contributed by atoms with Crippen molar-refractivity contribution < 1.29 is 9.84 Å². The summed E-state index contributed by atoms with van der Waals surface area (Å²) in [6, 6.07) is 17.9. The van der Waals surface area contributed by atoms with Gasteiger partial charge in [-0.2, -0.15) is 0 Å². The number of guanidine groups is 1.